The van der Waals surface area contributed by atoms with Gasteiger partial charge in [-0.2, -0.15) is 0 Å². The smallest absolute Gasteiger partial charge is 0.359 e. The van der Waals surface area contributed by atoms with E-state index in [9.17, 15) is 29.4 Å². The molecule has 1 aliphatic rings. The van der Waals surface area contributed by atoms with Crippen LogP contribution in [0.25, 0.3) is 0 Å². The summed E-state index contributed by atoms with van der Waals surface area (Å²) in [5.74, 6) is -3.13. The first-order valence-corrected chi connectivity index (χ1v) is 7.74. The minimum atomic E-state index is -1.57. The summed E-state index contributed by atoms with van der Waals surface area (Å²) in [7, 11) is 0. The van der Waals surface area contributed by atoms with Crippen molar-refractivity contribution in [1.29, 1.82) is 0 Å². The van der Waals surface area contributed by atoms with Gasteiger partial charge in [-0.05, 0) is 6.92 Å². The molecule has 3 rings (SSSR count). The number of nitrogens with zero attached hydrogens (tertiary/aromatic N) is 4. The van der Waals surface area contributed by atoms with Crippen molar-refractivity contribution in [3.8, 4) is 0 Å². The lowest BCUT2D eigenvalue weighted by molar-refractivity contribution is -0.0325. The van der Waals surface area contributed by atoms with Gasteiger partial charge in [0.2, 0.25) is 5.69 Å². The van der Waals surface area contributed by atoms with E-state index < -0.39 is 59.6 Å². The summed E-state index contributed by atoms with van der Waals surface area (Å²) in [6, 6.07) is -0.897. The normalized spacial score (nSPS) is 22.1. The van der Waals surface area contributed by atoms with Crippen LogP contribution in [0.15, 0.2) is 15.8 Å². The fourth-order valence-electron chi connectivity index (χ4n) is 2.98. The number of aromatic nitrogens is 5. The highest BCUT2D eigenvalue weighted by Crippen LogP contribution is 2.36. The highest BCUT2D eigenvalue weighted by Gasteiger charge is 2.41. The maximum atomic E-state index is 12.0. The van der Waals surface area contributed by atoms with E-state index in [4.69, 9.17) is 9.84 Å². The molecular formula is C14H15N5O8. The topological polar surface area (TPSA) is 190 Å². The molecule has 27 heavy (non-hydrogen) atoms. The summed E-state index contributed by atoms with van der Waals surface area (Å²) < 4.78 is 7.57. The summed E-state index contributed by atoms with van der Waals surface area (Å²) in [5, 5.41) is 35.0. The van der Waals surface area contributed by atoms with Crippen LogP contribution in [0, 0.1) is 6.92 Å². The summed E-state index contributed by atoms with van der Waals surface area (Å²) in [6.45, 7) is 0.948. The van der Waals surface area contributed by atoms with Crippen LogP contribution in [0.5, 0.6) is 0 Å². The number of hydrogen-bond acceptors (Lipinski definition) is 8. The van der Waals surface area contributed by atoms with Crippen molar-refractivity contribution < 1.29 is 29.6 Å². The molecule has 0 spiro atoms. The molecule has 0 saturated carbocycles. The summed E-state index contributed by atoms with van der Waals surface area (Å²) in [5.41, 5.74) is -2.46. The molecule has 0 unspecified atom stereocenters. The summed E-state index contributed by atoms with van der Waals surface area (Å²) >= 11 is 0. The lowest BCUT2D eigenvalue weighted by Gasteiger charge is -2.16. The van der Waals surface area contributed by atoms with Gasteiger partial charge in [0.1, 0.15) is 12.3 Å². The van der Waals surface area contributed by atoms with E-state index in [2.05, 4.69) is 15.3 Å². The molecule has 0 aliphatic carbocycles. The number of aliphatic hydroxyl groups excluding tert-OH is 1. The van der Waals surface area contributed by atoms with Crippen molar-refractivity contribution in [3.05, 3.63) is 44.0 Å². The van der Waals surface area contributed by atoms with Crippen LogP contribution < -0.4 is 11.2 Å². The Labute approximate surface area is 149 Å². The van der Waals surface area contributed by atoms with E-state index in [1.165, 1.54) is 13.1 Å². The third kappa shape index (κ3) is 3.13. The van der Waals surface area contributed by atoms with Crippen LogP contribution in [-0.2, 0) is 4.74 Å². The summed E-state index contributed by atoms with van der Waals surface area (Å²) in [4.78, 5) is 48.3. The predicted octanol–water partition coefficient (Wildman–Crippen LogP) is -1.65. The number of carboxylic acids is 2. The van der Waals surface area contributed by atoms with Gasteiger partial charge in [0.15, 0.2) is 5.69 Å². The Morgan fingerprint density at radius 2 is 2.04 bits per heavy atom. The molecule has 4 N–H and O–H groups in total. The number of rotatable bonds is 5. The zero-order chi connectivity index (χ0) is 19.9. The molecule has 3 atom stereocenters. The minimum absolute atomic E-state index is 0.0146. The van der Waals surface area contributed by atoms with Gasteiger partial charge in [-0.25, -0.2) is 19.1 Å². The zero-order valence-corrected chi connectivity index (χ0v) is 13.9. The third-order valence-corrected chi connectivity index (χ3v) is 4.25. The lowest BCUT2D eigenvalue weighted by Crippen LogP contribution is -2.33. The second kappa shape index (κ2) is 6.77. The molecule has 0 amide bonds. The van der Waals surface area contributed by atoms with Gasteiger partial charge < -0.3 is 20.1 Å². The first-order valence-electron chi connectivity index (χ1n) is 7.74. The lowest BCUT2D eigenvalue weighted by atomic mass is 10.1. The number of H-pyrrole nitrogens is 1. The molecule has 1 fully saturated rings. The number of aliphatic hydroxyl groups is 1. The molecular weight excluding hydrogens is 366 g/mol. The maximum absolute atomic E-state index is 12.0. The average molecular weight is 381 g/mol. The molecule has 3 heterocycles. The molecule has 13 nitrogen and oxygen atoms in total. The van der Waals surface area contributed by atoms with E-state index in [-0.39, 0.29) is 12.0 Å². The van der Waals surface area contributed by atoms with Crippen molar-refractivity contribution >= 4 is 11.9 Å². The van der Waals surface area contributed by atoms with Crippen LogP contribution >= 0.6 is 0 Å². The molecule has 0 aromatic carbocycles. The third-order valence-electron chi connectivity index (χ3n) is 4.25. The minimum Gasteiger partial charge on any atom is -0.476 e. The number of aromatic carboxylic acids is 2. The second-order valence-electron chi connectivity index (χ2n) is 5.93. The SMILES string of the molecule is Cc1cn([C@H]2C[C@H](n3nnc(C(=O)O)c3C(=O)O)[C@@H](CO)O2)c(=O)[nH]c1=O. The van der Waals surface area contributed by atoms with Crippen molar-refractivity contribution in [3.63, 3.8) is 0 Å². The van der Waals surface area contributed by atoms with E-state index in [0.717, 1.165) is 9.25 Å². The Kier molecular flexibility index (Phi) is 4.63. The molecule has 13 heteroatoms. The van der Waals surface area contributed by atoms with Crippen molar-refractivity contribution in [1.82, 2.24) is 24.5 Å². The fourth-order valence-corrected chi connectivity index (χ4v) is 2.98. The van der Waals surface area contributed by atoms with E-state index >= 15 is 0 Å². The Bertz CT molecular complexity index is 1020. The van der Waals surface area contributed by atoms with E-state index in [1.807, 2.05) is 0 Å². The van der Waals surface area contributed by atoms with Crippen LogP contribution in [0.3, 0.4) is 0 Å². The van der Waals surface area contributed by atoms with Crippen LogP contribution in [0.2, 0.25) is 0 Å². The number of ether oxygens (including phenoxy) is 1. The van der Waals surface area contributed by atoms with Crippen molar-refractivity contribution in [2.45, 2.75) is 31.7 Å². The van der Waals surface area contributed by atoms with Crippen LogP contribution in [0.4, 0.5) is 0 Å². The average Bonchev–Trinajstić information content (AvgIpc) is 3.21. The first kappa shape index (κ1) is 18.5. The first-order chi connectivity index (χ1) is 12.7. The van der Waals surface area contributed by atoms with E-state index in [1.54, 1.807) is 0 Å². The molecule has 2 aromatic heterocycles. The van der Waals surface area contributed by atoms with E-state index in [0.29, 0.717) is 0 Å². The quantitative estimate of drug-likeness (QED) is 0.467. The standard InChI is InChI=1S/C14H15N5O8/c1-5-3-18(14(26)15-11(5)21)8-2-6(7(4-20)27-8)19-10(13(24)25)9(12(22)23)16-17-19/h3,6-8,20H,2,4H2,1H3,(H,22,23)(H,24,25)(H,15,21,26)/t6-,7+,8+/m0/s1. The Morgan fingerprint density at radius 1 is 1.33 bits per heavy atom. The Balaban J connectivity index is 2.03. The van der Waals surface area contributed by atoms with Gasteiger partial charge in [-0.3, -0.25) is 14.3 Å². The zero-order valence-electron chi connectivity index (χ0n) is 13.9. The number of hydrogen-bond donors (Lipinski definition) is 4. The van der Waals surface area contributed by atoms with Gasteiger partial charge in [0.05, 0.1) is 12.6 Å². The van der Waals surface area contributed by atoms with Gasteiger partial charge in [-0.15, -0.1) is 5.10 Å². The molecule has 2 aromatic rings. The number of aryl methyl sites for hydroxylation is 1. The Hall–Kier alpha value is -3.32. The molecule has 0 bridgehead atoms. The van der Waals surface area contributed by atoms with Gasteiger partial charge in [-0.1, -0.05) is 5.21 Å². The Morgan fingerprint density at radius 3 is 2.63 bits per heavy atom. The summed E-state index contributed by atoms with van der Waals surface area (Å²) in [6.07, 6.45) is -0.644. The number of carbonyl (C=O) groups is 2. The number of carboxylic acid groups (broad SMARTS) is 2. The maximum Gasteiger partial charge on any atom is 0.359 e. The molecule has 0 radical (unpaired) electrons. The van der Waals surface area contributed by atoms with Crippen molar-refractivity contribution in [2.24, 2.45) is 0 Å². The number of aromatic amines is 1. The molecule has 1 aliphatic heterocycles. The molecule has 144 valence electrons. The van der Waals surface area contributed by atoms with Crippen LogP contribution in [-0.4, -0.2) is 64.5 Å². The largest absolute Gasteiger partial charge is 0.476 e. The van der Waals surface area contributed by atoms with Gasteiger partial charge >= 0.3 is 17.6 Å². The molecule has 1 saturated heterocycles. The highest BCUT2D eigenvalue weighted by atomic mass is 16.5. The van der Waals surface area contributed by atoms with Crippen molar-refractivity contribution in [2.75, 3.05) is 6.61 Å². The monoisotopic (exact) mass is 381 g/mol. The predicted molar refractivity (Wildman–Crippen MR) is 84.7 cm³/mol. The van der Waals surface area contributed by atoms with Gasteiger partial charge in [0.25, 0.3) is 5.56 Å². The van der Waals surface area contributed by atoms with Gasteiger partial charge in [0, 0.05) is 18.2 Å². The number of nitrogens with one attached hydrogen (secondary N) is 1. The second-order valence-corrected chi connectivity index (χ2v) is 5.93. The highest BCUT2D eigenvalue weighted by molar-refractivity contribution is 5.98. The fraction of sp³-hybridized carbons (Fsp3) is 0.429. The van der Waals surface area contributed by atoms with Crippen LogP contribution in [0.1, 0.15) is 45.2 Å².